The minimum absolute atomic E-state index is 0. The summed E-state index contributed by atoms with van der Waals surface area (Å²) >= 11 is -2.61. The normalized spacial score (nSPS) is 8.81. The number of carbonyl (C=O) groups is 1. The second-order valence-corrected chi connectivity index (χ2v) is 5.77. The molecule has 0 spiro atoms. The van der Waals surface area contributed by atoms with Crippen molar-refractivity contribution < 1.29 is 115 Å². The largest absolute Gasteiger partial charge is 1.00 e. The molecule has 0 radical (unpaired) electrons. The molecule has 0 unspecified atom stereocenters. The Hall–Kier alpha value is -1.11. The first-order chi connectivity index (χ1) is 13.3. The van der Waals surface area contributed by atoms with E-state index >= 15 is 0 Å². The molecule has 0 aliphatic heterocycles. The Labute approximate surface area is 224 Å². The van der Waals surface area contributed by atoms with Crippen LogP contribution >= 0.6 is 0 Å². The molecule has 0 atom stereocenters. The Balaban J connectivity index is -0.000000174. The van der Waals surface area contributed by atoms with E-state index in [0.717, 1.165) is 5.69 Å². The molecular weight excluding hydrogens is 484 g/mol. The van der Waals surface area contributed by atoms with Crippen molar-refractivity contribution in [2.45, 2.75) is 0 Å². The molecule has 164 valence electrons. The van der Waals surface area contributed by atoms with Gasteiger partial charge < -0.3 is 34.7 Å². The Morgan fingerprint density at radius 3 is 1.45 bits per heavy atom. The van der Waals surface area contributed by atoms with Gasteiger partial charge in [0.05, 0.1) is 0 Å². The Morgan fingerprint density at radius 2 is 1.23 bits per heavy atom. The van der Waals surface area contributed by atoms with Crippen LogP contribution in [0.4, 0.5) is 10.5 Å². The molecule has 6 N–H and O–H groups in total. The maximum atomic E-state index is 10.3. The zero-order chi connectivity index (χ0) is 23.0. The number of carboxylic acid groups (broad SMARTS) is 2. The van der Waals surface area contributed by atoms with Crippen LogP contribution < -0.4 is 78.8 Å². The van der Waals surface area contributed by atoms with Crippen LogP contribution in [-0.2, 0) is 21.8 Å². The number of nitrogens with one attached hydrogen (secondary N) is 1. The first-order valence-corrected chi connectivity index (χ1v) is 9.30. The van der Waals surface area contributed by atoms with E-state index in [9.17, 15) is 8.42 Å². The van der Waals surface area contributed by atoms with Gasteiger partial charge in [0.25, 0.3) is 11.4 Å². The summed E-state index contributed by atoms with van der Waals surface area (Å²) in [7, 11) is -2.68. The first-order valence-electron chi connectivity index (χ1n) is 6.87. The SMILES string of the molecule is CNc1ccc(OS(=O)(=O)O)cc1.O=C([O-])[O-].O=S(O)O.Oc1ccc(O)cc1.[Na+].[Na+]. The molecule has 31 heavy (non-hydrogen) atoms. The summed E-state index contributed by atoms with van der Waals surface area (Å²) in [6.45, 7) is 0. The topological polar surface area (TPSA) is 237 Å². The molecule has 0 saturated carbocycles. The maximum Gasteiger partial charge on any atom is 1.00 e. The van der Waals surface area contributed by atoms with Crippen molar-refractivity contribution in [3.63, 3.8) is 0 Å². The number of hydrogen-bond acceptors (Lipinski definition) is 10. The standard InChI is InChI=1S/C7H9NO4S.C6H6O2.CH2O3.2Na.H2O3S/c1-8-6-2-4-7(5-3-6)12-13(9,10)11;7-5-1-2-6(8)4-3-5;2-1(3)4;;;1-4(2)3/h2-5,8H,1H3,(H,9,10,11);1-4,7-8H;(H2,2,3,4);;;(H2,1,2,3)/q;;;2*+1;/p-2. The fourth-order valence-electron chi connectivity index (χ4n) is 1.25. The van der Waals surface area contributed by atoms with E-state index in [2.05, 4.69) is 9.50 Å². The van der Waals surface area contributed by atoms with Gasteiger partial charge in [0.15, 0.2) is 0 Å². The van der Waals surface area contributed by atoms with Crippen LogP contribution in [0, 0.1) is 0 Å². The number of aromatic hydroxyl groups is 2. The summed E-state index contributed by atoms with van der Waals surface area (Å²) in [6, 6.07) is 11.8. The van der Waals surface area contributed by atoms with Crippen molar-refractivity contribution in [2.75, 3.05) is 12.4 Å². The van der Waals surface area contributed by atoms with Crippen LogP contribution in [-0.4, -0.2) is 49.7 Å². The van der Waals surface area contributed by atoms with Crippen LogP contribution in [0.1, 0.15) is 0 Å². The van der Waals surface area contributed by atoms with Gasteiger partial charge in [-0.15, -0.1) is 0 Å². The molecule has 0 bridgehead atoms. The number of phenolic OH excluding ortho intramolecular Hbond substituents is 2. The predicted molar refractivity (Wildman–Crippen MR) is 96.7 cm³/mol. The van der Waals surface area contributed by atoms with Crippen LogP contribution in [0.3, 0.4) is 0 Å². The van der Waals surface area contributed by atoms with E-state index in [0.29, 0.717) is 0 Å². The fraction of sp³-hybridized carbons (Fsp3) is 0.0714. The second-order valence-electron chi connectivity index (χ2n) is 4.28. The van der Waals surface area contributed by atoms with Gasteiger partial charge in [-0.25, -0.2) is 0 Å². The van der Waals surface area contributed by atoms with Crippen LogP contribution in [0.25, 0.3) is 0 Å². The third-order valence-corrected chi connectivity index (χ3v) is 2.60. The number of phenols is 2. The van der Waals surface area contributed by atoms with Gasteiger partial charge >= 0.3 is 69.5 Å². The van der Waals surface area contributed by atoms with Crippen molar-refractivity contribution in [3.8, 4) is 17.2 Å². The number of benzene rings is 2. The van der Waals surface area contributed by atoms with E-state index in [1.807, 2.05) is 0 Å². The molecule has 0 aliphatic carbocycles. The van der Waals surface area contributed by atoms with Crippen LogP contribution in [0.2, 0.25) is 0 Å². The summed E-state index contributed by atoms with van der Waals surface area (Å²) in [5.41, 5.74) is 0.822. The van der Waals surface area contributed by atoms with Gasteiger partial charge in [-0.1, -0.05) is 0 Å². The quantitative estimate of drug-likeness (QED) is 0.0994. The predicted octanol–water partition coefficient (Wildman–Crippen LogP) is -6.75. The third-order valence-electron chi connectivity index (χ3n) is 2.19. The molecule has 0 aliphatic rings. The molecule has 0 fully saturated rings. The van der Waals surface area contributed by atoms with Gasteiger partial charge in [-0.2, -0.15) is 12.6 Å². The molecule has 17 heteroatoms. The van der Waals surface area contributed by atoms with E-state index in [4.69, 9.17) is 43.1 Å². The number of rotatable bonds is 3. The summed E-state index contributed by atoms with van der Waals surface area (Å²) in [6.07, 6.45) is -2.33. The van der Waals surface area contributed by atoms with Crippen molar-refractivity contribution >= 4 is 33.6 Å². The average Bonchev–Trinajstić information content (AvgIpc) is 2.56. The van der Waals surface area contributed by atoms with E-state index in [-0.39, 0.29) is 76.4 Å². The summed E-state index contributed by atoms with van der Waals surface area (Å²) in [4.78, 5) is 8.33. The van der Waals surface area contributed by atoms with Gasteiger partial charge in [-0.05, 0) is 54.7 Å². The van der Waals surface area contributed by atoms with E-state index in [1.165, 1.54) is 36.4 Å². The Morgan fingerprint density at radius 1 is 0.935 bits per heavy atom. The number of hydrogen-bond donors (Lipinski definition) is 6. The molecule has 0 aromatic heterocycles. The minimum atomic E-state index is -4.42. The summed E-state index contributed by atoms with van der Waals surface area (Å²) in [5.74, 6) is 0.409. The van der Waals surface area contributed by atoms with Crippen molar-refractivity contribution in [1.82, 2.24) is 0 Å². The maximum absolute atomic E-state index is 10.3. The Bertz CT molecular complexity index is 808. The zero-order valence-electron chi connectivity index (χ0n) is 16.5. The number of anilines is 1. The molecule has 2 aromatic carbocycles. The fourth-order valence-corrected chi connectivity index (χ4v) is 1.61. The van der Waals surface area contributed by atoms with Crippen LogP contribution in [0.15, 0.2) is 48.5 Å². The van der Waals surface area contributed by atoms with E-state index in [1.54, 1.807) is 19.2 Å². The monoisotopic (exact) mass is 501 g/mol. The van der Waals surface area contributed by atoms with Gasteiger partial charge in [0.2, 0.25) is 0 Å². The molecule has 13 nitrogen and oxygen atoms in total. The molecule has 0 saturated heterocycles. The molecule has 2 rings (SSSR count). The molecule has 0 heterocycles. The number of carbonyl (C=O) groups excluding carboxylic acids is 1. The van der Waals surface area contributed by atoms with E-state index < -0.39 is 27.9 Å². The van der Waals surface area contributed by atoms with Crippen molar-refractivity contribution in [2.24, 2.45) is 0 Å². The first kappa shape index (κ1) is 37.2. The third kappa shape index (κ3) is 31.2. The molecule has 0 amide bonds. The molecule has 2 aromatic rings. The van der Waals surface area contributed by atoms with Gasteiger partial charge in [-0.3, -0.25) is 13.7 Å². The second kappa shape index (κ2) is 20.8. The van der Waals surface area contributed by atoms with Crippen molar-refractivity contribution in [1.29, 1.82) is 0 Å². The minimum Gasteiger partial charge on any atom is -0.652 e. The van der Waals surface area contributed by atoms with Gasteiger partial charge in [0.1, 0.15) is 17.2 Å². The van der Waals surface area contributed by atoms with Gasteiger partial charge in [0, 0.05) is 12.7 Å². The Kier molecular flexibility index (Phi) is 24.9. The zero-order valence-corrected chi connectivity index (χ0v) is 22.2. The average molecular weight is 501 g/mol. The summed E-state index contributed by atoms with van der Waals surface area (Å²) in [5, 5.41) is 36.8. The van der Waals surface area contributed by atoms with Crippen LogP contribution in [0.5, 0.6) is 17.2 Å². The molecular formula is C14H17NNa2O12S2. The summed E-state index contributed by atoms with van der Waals surface area (Å²) < 4.78 is 55.9. The van der Waals surface area contributed by atoms with Crippen molar-refractivity contribution in [3.05, 3.63) is 48.5 Å². The smallest absolute Gasteiger partial charge is 0.652 e.